The van der Waals surface area contributed by atoms with Gasteiger partial charge in [0.25, 0.3) is 0 Å². The van der Waals surface area contributed by atoms with E-state index in [9.17, 15) is 13.2 Å². The summed E-state index contributed by atoms with van der Waals surface area (Å²) in [6.45, 7) is 5.73. The van der Waals surface area contributed by atoms with Crippen molar-refractivity contribution in [1.82, 2.24) is 4.90 Å². The van der Waals surface area contributed by atoms with Crippen molar-refractivity contribution in [2.24, 2.45) is 5.14 Å². The summed E-state index contributed by atoms with van der Waals surface area (Å²) in [6, 6.07) is 3.13. The van der Waals surface area contributed by atoms with E-state index in [1.807, 2.05) is 4.90 Å². The summed E-state index contributed by atoms with van der Waals surface area (Å²) in [5.41, 5.74) is 0. The number of rotatable bonds is 9. The van der Waals surface area contributed by atoms with Crippen LogP contribution < -0.4 is 5.14 Å². The van der Waals surface area contributed by atoms with Gasteiger partial charge < -0.3 is 4.90 Å². The van der Waals surface area contributed by atoms with E-state index >= 15 is 0 Å². The third-order valence-electron chi connectivity index (χ3n) is 3.16. The van der Waals surface area contributed by atoms with Crippen LogP contribution >= 0.6 is 11.3 Å². The van der Waals surface area contributed by atoms with Gasteiger partial charge in [0, 0.05) is 18.0 Å². The van der Waals surface area contributed by atoms with Crippen LogP contribution in [0.15, 0.2) is 16.3 Å². The maximum Gasteiger partial charge on any atom is 0.247 e. The molecule has 2 N–H and O–H groups in total. The van der Waals surface area contributed by atoms with Crippen molar-refractivity contribution in [2.75, 3.05) is 13.1 Å². The van der Waals surface area contributed by atoms with Gasteiger partial charge >= 0.3 is 0 Å². The predicted molar refractivity (Wildman–Crippen MR) is 85.8 cm³/mol. The minimum atomic E-state index is -3.67. The summed E-state index contributed by atoms with van der Waals surface area (Å²) in [6.07, 6.45) is 4.31. The van der Waals surface area contributed by atoms with E-state index in [1.165, 1.54) is 6.07 Å². The standard InChI is InChI=1S/C14H24N2O3S2/c1-3-5-9-16(10-6-4-2)13(17)11-12-7-8-14(20-12)21(15,18)19/h7-8H,3-6,9-11H2,1-2H3,(H2,15,18,19). The molecule has 120 valence electrons. The lowest BCUT2D eigenvalue weighted by atomic mass is 10.2. The fraction of sp³-hybridized carbons (Fsp3) is 0.643. The van der Waals surface area contributed by atoms with Gasteiger partial charge in [0.15, 0.2) is 0 Å². The molecular weight excluding hydrogens is 308 g/mol. The van der Waals surface area contributed by atoms with E-state index in [0.29, 0.717) is 0 Å². The smallest absolute Gasteiger partial charge is 0.247 e. The number of amides is 1. The molecule has 1 heterocycles. The number of hydrogen-bond donors (Lipinski definition) is 1. The van der Waals surface area contributed by atoms with Crippen molar-refractivity contribution in [3.05, 3.63) is 17.0 Å². The van der Waals surface area contributed by atoms with Crippen LogP contribution in [-0.4, -0.2) is 32.3 Å². The van der Waals surface area contributed by atoms with Crippen LogP contribution in [0, 0.1) is 0 Å². The minimum absolute atomic E-state index is 0.0553. The molecule has 0 radical (unpaired) electrons. The quantitative estimate of drug-likeness (QED) is 0.754. The topological polar surface area (TPSA) is 80.5 Å². The van der Waals surface area contributed by atoms with E-state index in [1.54, 1.807) is 6.07 Å². The van der Waals surface area contributed by atoms with Crippen LogP contribution in [0.5, 0.6) is 0 Å². The lowest BCUT2D eigenvalue weighted by Gasteiger charge is -2.22. The van der Waals surface area contributed by atoms with Gasteiger partial charge in [-0.3, -0.25) is 4.79 Å². The Labute approximate surface area is 131 Å². The average Bonchev–Trinajstić information content (AvgIpc) is 2.87. The SMILES string of the molecule is CCCCN(CCCC)C(=O)Cc1ccc(S(N)(=O)=O)s1. The molecule has 0 unspecified atom stereocenters. The second-order valence-electron chi connectivity index (χ2n) is 5.03. The highest BCUT2D eigenvalue weighted by molar-refractivity contribution is 7.91. The fourth-order valence-corrected chi connectivity index (χ4v) is 3.70. The third-order valence-corrected chi connectivity index (χ3v) is 5.68. The fourth-order valence-electron chi connectivity index (χ4n) is 1.93. The number of hydrogen-bond acceptors (Lipinski definition) is 4. The van der Waals surface area contributed by atoms with E-state index in [-0.39, 0.29) is 16.5 Å². The highest BCUT2D eigenvalue weighted by Crippen LogP contribution is 2.21. The Morgan fingerprint density at radius 2 is 1.76 bits per heavy atom. The Kier molecular flexibility index (Phi) is 7.34. The summed E-state index contributed by atoms with van der Waals surface area (Å²) < 4.78 is 22.6. The first kappa shape index (κ1) is 18.1. The van der Waals surface area contributed by atoms with E-state index in [0.717, 1.165) is 55.0 Å². The molecule has 0 saturated carbocycles. The molecule has 0 aliphatic carbocycles. The van der Waals surface area contributed by atoms with Gasteiger partial charge in [-0.2, -0.15) is 0 Å². The van der Waals surface area contributed by atoms with Gasteiger partial charge in [0.2, 0.25) is 15.9 Å². The molecule has 21 heavy (non-hydrogen) atoms. The maximum absolute atomic E-state index is 12.3. The Morgan fingerprint density at radius 3 is 2.19 bits per heavy atom. The molecule has 0 aliphatic rings. The van der Waals surface area contributed by atoms with E-state index in [4.69, 9.17) is 5.14 Å². The Bertz CT molecular complexity index is 544. The number of unbranched alkanes of at least 4 members (excludes halogenated alkanes) is 2. The Balaban J connectivity index is 2.69. The van der Waals surface area contributed by atoms with Crippen molar-refractivity contribution in [3.8, 4) is 0 Å². The molecular formula is C14H24N2O3S2. The van der Waals surface area contributed by atoms with Crippen molar-refractivity contribution in [3.63, 3.8) is 0 Å². The summed E-state index contributed by atoms with van der Waals surface area (Å²) in [7, 11) is -3.67. The van der Waals surface area contributed by atoms with Crippen molar-refractivity contribution >= 4 is 27.3 Å². The first-order valence-electron chi connectivity index (χ1n) is 7.27. The zero-order chi connectivity index (χ0) is 15.9. The molecule has 0 aromatic carbocycles. The highest BCUT2D eigenvalue weighted by atomic mass is 32.2. The molecule has 0 fully saturated rings. The first-order valence-corrected chi connectivity index (χ1v) is 9.64. The molecule has 1 amide bonds. The minimum Gasteiger partial charge on any atom is -0.342 e. The van der Waals surface area contributed by atoms with Crippen molar-refractivity contribution < 1.29 is 13.2 Å². The summed E-state index contributed by atoms with van der Waals surface area (Å²) >= 11 is 1.07. The van der Waals surface area contributed by atoms with Crippen molar-refractivity contribution in [2.45, 2.75) is 50.2 Å². The lowest BCUT2D eigenvalue weighted by Crippen LogP contribution is -2.33. The third kappa shape index (κ3) is 6.15. The normalized spacial score (nSPS) is 11.6. The van der Waals surface area contributed by atoms with Crippen LogP contribution in [0.4, 0.5) is 0 Å². The number of carbonyl (C=O) groups is 1. The summed E-state index contributed by atoms with van der Waals surface area (Å²) in [5, 5.41) is 5.08. The van der Waals surface area contributed by atoms with Crippen LogP contribution in [-0.2, 0) is 21.2 Å². The summed E-state index contributed by atoms with van der Waals surface area (Å²) in [5.74, 6) is 0.0553. The second-order valence-corrected chi connectivity index (χ2v) is 7.99. The number of thiophene rings is 1. The van der Waals surface area contributed by atoms with Crippen LogP contribution in [0.1, 0.15) is 44.4 Å². The van der Waals surface area contributed by atoms with Gasteiger partial charge in [-0.15, -0.1) is 11.3 Å². The van der Waals surface area contributed by atoms with E-state index < -0.39 is 10.0 Å². The largest absolute Gasteiger partial charge is 0.342 e. The predicted octanol–water partition coefficient (Wildman–Crippen LogP) is 2.37. The van der Waals surface area contributed by atoms with Crippen LogP contribution in [0.25, 0.3) is 0 Å². The van der Waals surface area contributed by atoms with Gasteiger partial charge in [-0.1, -0.05) is 26.7 Å². The van der Waals surface area contributed by atoms with E-state index in [2.05, 4.69) is 13.8 Å². The molecule has 0 saturated heterocycles. The zero-order valence-corrected chi connectivity index (χ0v) is 14.3. The van der Waals surface area contributed by atoms with Crippen LogP contribution in [0.3, 0.4) is 0 Å². The molecule has 1 aromatic rings. The molecule has 1 rings (SSSR count). The Morgan fingerprint density at radius 1 is 1.19 bits per heavy atom. The van der Waals surface area contributed by atoms with Crippen LogP contribution in [0.2, 0.25) is 0 Å². The molecule has 1 aromatic heterocycles. The Hall–Kier alpha value is -0.920. The van der Waals surface area contributed by atoms with Gasteiger partial charge in [0.1, 0.15) is 4.21 Å². The number of primary sulfonamides is 1. The molecule has 0 aliphatic heterocycles. The second kappa shape index (κ2) is 8.51. The number of sulfonamides is 1. The average molecular weight is 332 g/mol. The zero-order valence-electron chi connectivity index (χ0n) is 12.7. The molecule has 5 nitrogen and oxygen atoms in total. The van der Waals surface area contributed by atoms with Crippen molar-refractivity contribution in [1.29, 1.82) is 0 Å². The monoisotopic (exact) mass is 332 g/mol. The maximum atomic E-state index is 12.3. The molecule has 0 spiro atoms. The lowest BCUT2D eigenvalue weighted by molar-refractivity contribution is -0.130. The molecule has 0 bridgehead atoms. The summed E-state index contributed by atoms with van der Waals surface area (Å²) in [4.78, 5) is 15.0. The van der Waals surface area contributed by atoms with Gasteiger partial charge in [-0.05, 0) is 25.0 Å². The number of carbonyl (C=O) groups excluding carboxylic acids is 1. The van der Waals surface area contributed by atoms with Gasteiger partial charge in [0.05, 0.1) is 6.42 Å². The number of nitrogens with zero attached hydrogens (tertiary/aromatic N) is 1. The number of nitrogens with two attached hydrogens (primary N) is 1. The molecule has 0 atom stereocenters. The first-order chi connectivity index (χ1) is 9.88. The molecule has 7 heteroatoms. The highest BCUT2D eigenvalue weighted by Gasteiger charge is 2.16. The van der Waals surface area contributed by atoms with Gasteiger partial charge in [-0.25, -0.2) is 13.6 Å².